The summed E-state index contributed by atoms with van der Waals surface area (Å²) in [6.45, 7) is 0.431. The molecular weight excluding hydrogens is 241 g/mol. The van der Waals surface area contributed by atoms with Gasteiger partial charge in [-0.1, -0.05) is 18.2 Å². The van der Waals surface area contributed by atoms with Crippen molar-refractivity contribution in [2.24, 2.45) is 0 Å². The van der Waals surface area contributed by atoms with Crippen LogP contribution in [-0.2, 0) is 6.54 Å². The molecule has 0 aliphatic rings. The van der Waals surface area contributed by atoms with Gasteiger partial charge in [-0.2, -0.15) is 0 Å². The molecule has 1 heterocycles. The second-order valence-electron chi connectivity index (χ2n) is 3.63. The monoisotopic (exact) mass is 251 g/mol. The third-order valence-electron chi connectivity index (χ3n) is 2.37. The molecule has 5 heteroatoms. The van der Waals surface area contributed by atoms with E-state index >= 15 is 0 Å². The lowest BCUT2D eigenvalue weighted by Crippen LogP contribution is -2.18. The van der Waals surface area contributed by atoms with Gasteiger partial charge in [0, 0.05) is 25.4 Å². The molecule has 0 saturated heterocycles. The Kier molecular flexibility index (Phi) is 3.54. The van der Waals surface area contributed by atoms with E-state index in [-0.39, 0.29) is 11.1 Å². The van der Waals surface area contributed by atoms with Crippen LogP contribution < -0.4 is 4.90 Å². The van der Waals surface area contributed by atoms with Gasteiger partial charge < -0.3 is 4.90 Å². The van der Waals surface area contributed by atoms with Gasteiger partial charge in [0.15, 0.2) is 0 Å². The van der Waals surface area contributed by atoms with Crippen molar-refractivity contribution in [2.45, 2.75) is 6.54 Å². The minimum absolute atomic E-state index is 0.183. The highest BCUT2D eigenvalue weighted by atomic mass is 35.5. The topological polar surface area (TPSA) is 29.0 Å². The van der Waals surface area contributed by atoms with Crippen LogP contribution >= 0.6 is 11.6 Å². The highest BCUT2D eigenvalue weighted by molar-refractivity contribution is 6.28. The van der Waals surface area contributed by atoms with E-state index in [9.17, 15) is 4.39 Å². The van der Waals surface area contributed by atoms with Crippen molar-refractivity contribution in [2.75, 3.05) is 11.9 Å². The van der Waals surface area contributed by atoms with Crippen molar-refractivity contribution >= 4 is 17.4 Å². The first-order chi connectivity index (χ1) is 8.16. The van der Waals surface area contributed by atoms with Crippen molar-refractivity contribution in [3.05, 3.63) is 53.2 Å². The van der Waals surface area contributed by atoms with Crippen LogP contribution in [0.1, 0.15) is 5.56 Å². The first-order valence-corrected chi connectivity index (χ1v) is 5.47. The highest BCUT2D eigenvalue weighted by Gasteiger charge is 2.07. The van der Waals surface area contributed by atoms with E-state index in [1.54, 1.807) is 30.5 Å². The minimum Gasteiger partial charge on any atom is -0.355 e. The van der Waals surface area contributed by atoms with E-state index in [1.807, 2.05) is 11.9 Å². The summed E-state index contributed by atoms with van der Waals surface area (Å²) in [6, 6.07) is 8.39. The molecule has 0 amide bonds. The van der Waals surface area contributed by atoms with E-state index in [0.717, 1.165) is 0 Å². The minimum atomic E-state index is -0.223. The maximum absolute atomic E-state index is 13.5. The Balaban J connectivity index is 2.17. The first-order valence-electron chi connectivity index (χ1n) is 5.10. The van der Waals surface area contributed by atoms with Gasteiger partial charge in [-0.15, -0.1) is 0 Å². The summed E-state index contributed by atoms with van der Waals surface area (Å²) in [5.41, 5.74) is 0.615. The van der Waals surface area contributed by atoms with E-state index in [0.29, 0.717) is 17.9 Å². The molecule has 0 saturated carbocycles. The Bertz CT molecular complexity index is 519. The summed E-state index contributed by atoms with van der Waals surface area (Å²) >= 11 is 5.70. The first kappa shape index (κ1) is 11.8. The second-order valence-corrected chi connectivity index (χ2v) is 3.97. The van der Waals surface area contributed by atoms with E-state index in [2.05, 4.69) is 9.97 Å². The Labute approximate surface area is 104 Å². The average Bonchev–Trinajstić information content (AvgIpc) is 2.32. The lowest BCUT2D eigenvalue weighted by Gasteiger charge is -2.18. The third-order valence-corrected chi connectivity index (χ3v) is 2.55. The number of nitrogens with zero attached hydrogens (tertiary/aromatic N) is 3. The SMILES string of the molecule is CN(Cc1ccccc1F)c1ccnc(Cl)n1. The number of anilines is 1. The molecule has 2 rings (SSSR count). The van der Waals surface area contributed by atoms with Gasteiger partial charge in [0.25, 0.3) is 0 Å². The Morgan fingerprint density at radius 3 is 2.76 bits per heavy atom. The van der Waals surface area contributed by atoms with Crippen LogP contribution in [-0.4, -0.2) is 17.0 Å². The maximum atomic E-state index is 13.5. The second kappa shape index (κ2) is 5.10. The Hall–Kier alpha value is -1.68. The number of aromatic nitrogens is 2. The zero-order valence-electron chi connectivity index (χ0n) is 9.27. The number of halogens is 2. The van der Waals surface area contributed by atoms with Crippen molar-refractivity contribution in [1.29, 1.82) is 0 Å². The summed E-state index contributed by atoms with van der Waals surface area (Å²) in [6.07, 6.45) is 1.57. The van der Waals surface area contributed by atoms with Crippen LogP contribution in [0, 0.1) is 5.82 Å². The van der Waals surface area contributed by atoms with Gasteiger partial charge in [-0.25, -0.2) is 14.4 Å². The van der Waals surface area contributed by atoms with E-state index in [1.165, 1.54) is 6.07 Å². The summed E-state index contributed by atoms with van der Waals surface area (Å²) in [5.74, 6) is 0.438. The van der Waals surface area contributed by atoms with Crippen LogP contribution in [0.25, 0.3) is 0 Å². The van der Waals surface area contributed by atoms with Gasteiger partial charge in [0.05, 0.1) is 0 Å². The summed E-state index contributed by atoms with van der Waals surface area (Å²) in [4.78, 5) is 9.67. The van der Waals surface area contributed by atoms with Gasteiger partial charge in [-0.05, 0) is 23.7 Å². The molecule has 1 aromatic heterocycles. The fourth-order valence-corrected chi connectivity index (χ4v) is 1.64. The maximum Gasteiger partial charge on any atom is 0.224 e. The largest absolute Gasteiger partial charge is 0.355 e. The predicted octanol–water partition coefficient (Wildman–Crippen LogP) is 2.91. The summed E-state index contributed by atoms with van der Waals surface area (Å²) < 4.78 is 13.5. The lowest BCUT2D eigenvalue weighted by molar-refractivity contribution is 0.607. The predicted molar refractivity (Wildman–Crippen MR) is 65.5 cm³/mol. The number of rotatable bonds is 3. The molecule has 0 spiro atoms. The molecule has 0 radical (unpaired) electrons. The van der Waals surface area contributed by atoms with Gasteiger partial charge in [0.2, 0.25) is 5.28 Å². The van der Waals surface area contributed by atoms with Crippen molar-refractivity contribution < 1.29 is 4.39 Å². The molecule has 0 fully saturated rings. The zero-order chi connectivity index (χ0) is 12.3. The number of hydrogen-bond donors (Lipinski definition) is 0. The Morgan fingerprint density at radius 2 is 2.06 bits per heavy atom. The van der Waals surface area contributed by atoms with Gasteiger partial charge in [0.1, 0.15) is 11.6 Å². The van der Waals surface area contributed by atoms with E-state index in [4.69, 9.17) is 11.6 Å². The van der Waals surface area contributed by atoms with Crippen molar-refractivity contribution in [3.8, 4) is 0 Å². The molecule has 0 atom stereocenters. The summed E-state index contributed by atoms with van der Waals surface area (Å²) in [7, 11) is 1.82. The normalized spacial score (nSPS) is 10.3. The molecule has 3 nitrogen and oxygen atoms in total. The molecule has 2 aromatic rings. The number of benzene rings is 1. The van der Waals surface area contributed by atoms with Gasteiger partial charge >= 0.3 is 0 Å². The molecular formula is C12H11ClFN3. The van der Waals surface area contributed by atoms with Crippen LogP contribution in [0.5, 0.6) is 0 Å². The Morgan fingerprint density at radius 1 is 1.29 bits per heavy atom. The van der Waals surface area contributed by atoms with Crippen LogP contribution in [0.4, 0.5) is 10.2 Å². The number of hydrogen-bond acceptors (Lipinski definition) is 3. The van der Waals surface area contributed by atoms with Crippen LogP contribution in [0.15, 0.2) is 36.5 Å². The van der Waals surface area contributed by atoms with Crippen molar-refractivity contribution in [1.82, 2.24) is 9.97 Å². The standard InChI is InChI=1S/C12H11ClFN3/c1-17(11-6-7-15-12(13)16-11)8-9-4-2-3-5-10(9)14/h2-7H,8H2,1H3. The average molecular weight is 252 g/mol. The third kappa shape index (κ3) is 2.91. The zero-order valence-corrected chi connectivity index (χ0v) is 10.0. The van der Waals surface area contributed by atoms with Gasteiger partial charge in [-0.3, -0.25) is 0 Å². The molecule has 0 N–H and O–H groups in total. The molecule has 1 aromatic carbocycles. The van der Waals surface area contributed by atoms with Crippen LogP contribution in [0.2, 0.25) is 5.28 Å². The van der Waals surface area contributed by atoms with Crippen LogP contribution in [0.3, 0.4) is 0 Å². The molecule has 0 aliphatic carbocycles. The van der Waals surface area contributed by atoms with E-state index < -0.39 is 0 Å². The fraction of sp³-hybridized carbons (Fsp3) is 0.167. The smallest absolute Gasteiger partial charge is 0.224 e. The highest BCUT2D eigenvalue weighted by Crippen LogP contribution is 2.15. The molecule has 0 bridgehead atoms. The molecule has 0 aliphatic heterocycles. The van der Waals surface area contributed by atoms with Crippen molar-refractivity contribution in [3.63, 3.8) is 0 Å². The lowest BCUT2D eigenvalue weighted by atomic mass is 10.2. The quantitative estimate of drug-likeness (QED) is 0.786. The fourth-order valence-electron chi connectivity index (χ4n) is 1.50. The molecule has 88 valence electrons. The summed E-state index contributed by atoms with van der Waals surface area (Å²) in [5, 5.41) is 0.183. The molecule has 17 heavy (non-hydrogen) atoms. The molecule has 0 unspecified atom stereocenters.